The number of carbonyl (C=O) groups is 1. The molecule has 15 heavy (non-hydrogen) atoms. The van der Waals surface area contributed by atoms with Crippen molar-refractivity contribution in [1.29, 1.82) is 0 Å². The lowest BCUT2D eigenvalue weighted by atomic mass is 10.1. The fourth-order valence-corrected chi connectivity index (χ4v) is 3.27. The van der Waals surface area contributed by atoms with Crippen molar-refractivity contribution in [3.63, 3.8) is 0 Å². The van der Waals surface area contributed by atoms with Gasteiger partial charge in [0.25, 0.3) is 0 Å². The number of carbonyl (C=O) groups excluding carboxylic acids is 1. The molecule has 2 heterocycles. The molecular formula is C10H18N2O2S. The maximum Gasteiger partial charge on any atom is 0.248 e. The van der Waals surface area contributed by atoms with E-state index in [1.807, 2.05) is 16.7 Å². The summed E-state index contributed by atoms with van der Waals surface area (Å²) in [6.07, 6.45) is 2.39. The first-order chi connectivity index (χ1) is 7.31. The predicted molar refractivity (Wildman–Crippen MR) is 60.9 cm³/mol. The van der Waals surface area contributed by atoms with Crippen LogP contribution in [0, 0.1) is 0 Å². The minimum absolute atomic E-state index is 0.0367. The molecule has 2 aliphatic heterocycles. The summed E-state index contributed by atoms with van der Waals surface area (Å²) in [4.78, 5) is 13.7. The molecular weight excluding hydrogens is 212 g/mol. The van der Waals surface area contributed by atoms with Crippen LogP contribution in [-0.2, 0) is 9.53 Å². The molecule has 2 unspecified atom stereocenters. The molecule has 1 amide bonds. The van der Waals surface area contributed by atoms with E-state index in [1.165, 1.54) is 12.2 Å². The van der Waals surface area contributed by atoms with Gasteiger partial charge in [-0.25, -0.2) is 0 Å². The molecule has 0 aliphatic carbocycles. The predicted octanol–water partition coefficient (Wildman–Crippen LogP) is 0.0681. The lowest BCUT2D eigenvalue weighted by molar-refractivity contribution is -0.151. The molecule has 0 saturated carbocycles. The summed E-state index contributed by atoms with van der Waals surface area (Å²) in [6, 6.07) is 0.411. The van der Waals surface area contributed by atoms with Crippen LogP contribution in [0.4, 0.5) is 0 Å². The third kappa shape index (κ3) is 2.65. The molecule has 4 nitrogen and oxygen atoms in total. The van der Waals surface area contributed by atoms with Crippen molar-refractivity contribution in [3.8, 4) is 0 Å². The summed E-state index contributed by atoms with van der Waals surface area (Å²) in [7, 11) is 0. The van der Waals surface area contributed by atoms with Crippen LogP contribution < -0.4 is 5.73 Å². The van der Waals surface area contributed by atoms with Crippen molar-refractivity contribution < 1.29 is 9.53 Å². The molecule has 2 aliphatic rings. The second-order valence-electron chi connectivity index (χ2n) is 4.09. The van der Waals surface area contributed by atoms with Crippen LogP contribution >= 0.6 is 11.8 Å². The fourth-order valence-electron chi connectivity index (χ4n) is 2.11. The first-order valence-electron chi connectivity index (χ1n) is 5.50. The third-order valence-electron chi connectivity index (χ3n) is 3.00. The van der Waals surface area contributed by atoms with Crippen LogP contribution in [0.25, 0.3) is 0 Å². The van der Waals surface area contributed by atoms with Gasteiger partial charge in [-0.05, 0) is 18.6 Å². The highest BCUT2D eigenvalue weighted by Crippen LogP contribution is 2.23. The zero-order chi connectivity index (χ0) is 10.7. The van der Waals surface area contributed by atoms with Gasteiger partial charge >= 0.3 is 0 Å². The van der Waals surface area contributed by atoms with Gasteiger partial charge in [-0.3, -0.25) is 4.79 Å². The number of ether oxygens (including phenoxy) is 1. The van der Waals surface area contributed by atoms with Gasteiger partial charge < -0.3 is 15.4 Å². The molecule has 5 heteroatoms. The lowest BCUT2D eigenvalue weighted by Crippen LogP contribution is -2.54. The quantitative estimate of drug-likeness (QED) is 0.729. The second kappa shape index (κ2) is 5.18. The smallest absolute Gasteiger partial charge is 0.248 e. The van der Waals surface area contributed by atoms with E-state index >= 15 is 0 Å². The number of nitrogens with two attached hydrogens (primary N) is 1. The van der Waals surface area contributed by atoms with Gasteiger partial charge in [-0.15, -0.1) is 0 Å². The zero-order valence-electron chi connectivity index (χ0n) is 8.85. The zero-order valence-corrected chi connectivity index (χ0v) is 9.67. The Bertz CT molecular complexity index is 231. The van der Waals surface area contributed by atoms with Gasteiger partial charge in [0.05, 0.1) is 6.10 Å². The van der Waals surface area contributed by atoms with Gasteiger partial charge in [-0.2, -0.15) is 11.8 Å². The number of rotatable bonds is 2. The van der Waals surface area contributed by atoms with E-state index in [-0.39, 0.29) is 18.6 Å². The molecule has 0 aromatic heterocycles. The Morgan fingerprint density at radius 1 is 1.60 bits per heavy atom. The molecule has 86 valence electrons. The molecule has 0 radical (unpaired) electrons. The fraction of sp³-hybridized carbons (Fsp3) is 0.900. The molecule has 0 aromatic rings. The van der Waals surface area contributed by atoms with Crippen LogP contribution in [0.2, 0.25) is 0 Å². The highest BCUT2D eigenvalue weighted by molar-refractivity contribution is 7.99. The van der Waals surface area contributed by atoms with Crippen LogP contribution in [-0.4, -0.2) is 54.2 Å². The summed E-state index contributed by atoms with van der Waals surface area (Å²) in [5, 5.41) is 0. The minimum atomic E-state index is 0.0367. The highest BCUT2D eigenvalue weighted by Gasteiger charge is 2.31. The average Bonchev–Trinajstić information content (AvgIpc) is 2.31. The van der Waals surface area contributed by atoms with E-state index in [9.17, 15) is 4.79 Å². The maximum atomic E-state index is 11.7. The van der Waals surface area contributed by atoms with Crippen molar-refractivity contribution in [2.75, 3.05) is 31.2 Å². The number of amides is 1. The van der Waals surface area contributed by atoms with Crippen molar-refractivity contribution in [2.24, 2.45) is 5.73 Å². The first kappa shape index (κ1) is 11.2. The largest absolute Gasteiger partial charge is 0.365 e. The minimum Gasteiger partial charge on any atom is -0.365 e. The Morgan fingerprint density at radius 3 is 3.13 bits per heavy atom. The number of nitrogens with zero attached hydrogens (tertiary/aromatic N) is 1. The van der Waals surface area contributed by atoms with E-state index in [4.69, 9.17) is 10.5 Å². The Labute approximate surface area is 94.5 Å². The number of hydrogen-bond donors (Lipinski definition) is 1. The van der Waals surface area contributed by atoms with E-state index < -0.39 is 0 Å². The van der Waals surface area contributed by atoms with Crippen molar-refractivity contribution in [1.82, 2.24) is 4.90 Å². The average molecular weight is 230 g/mol. The Kier molecular flexibility index (Phi) is 3.88. The molecule has 2 saturated heterocycles. The third-order valence-corrected chi connectivity index (χ3v) is 4.20. The van der Waals surface area contributed by atoms with E-state index in [1.54, 1.807) is 0 Å². The molecule has 0 bridgehead atoms. The van der Waals surface area contributed by atoms with Gasteiger partial charge in [0.1, 0.15) is 6.61 Å². The van der Waals surface area contributed by atoms with Crippen molar-refractivity contribution in [2.45, 2.75) is 25.0 Å². The van der Waals surface area contributed by atoms with Crippen molar-refractivity contribution >= 4 is 17.7 Å². The molecule has 0 aromatic carbocycles. The van der Waals surface area contributed by atoms with Gasteiger partial charge in [0.2, 0.25) is 5.91 Å². The number of hydrogen-bond acceptors (Lipinski definition) is 4. The van der Waals surface area contributed by atoms with Gasteiger partial charge in [0, 0.05) is 24.9 Å². The molecule has 2 fully saturated rings. The van der Waals surface area contributed by atoms with Crippen LogP contribution in [0.1, 0.15) is 12.8 Å². The summed E-state index contributed by atoms with van der Waals surface area (Å²) in [6.45, 7) is 1.40. The maximum absolute atomic E-state index is 11.7. The normalized spacial score (nSPS) is 33.1. The van der Waals surface area contributed by atoms with Gasteiger partial charge in [-0.1, -0.05) is 0 Å². The number of morpholine rings is 1. The molecule has 2 rings (SSSR count). The molecule has 2 N–H and O–H groups in total. The highest BCUT2D eigenvalue weighted by atomic mass is 32.2. The molecule has 0 spiro atoms. The first-order valence-corrected chi connectivity index (χ1v) is 6.65. The second-order valence-corrected chi connectivity index (χ2v) is 5.24. The van der Waals surface area contributed by atoms with E-state index in [0.717, 1.165) is 12.2 Å². The van der Waals surface area contributed by atoms with Crippen LogP contribution in [0.5, 0.6) is 0 Å². The lowest BCUT2D eigenvalue weighted by Gasteiger charge is -2.39. The SMILES string of the molecule is NCC1CN(C2CCCSC2)C(=O)CO1. The summed E-state index contributed by atoms with van der Waals surface area (Å²) in [5.74, 6) is 2.44. The summed E-state index contributed by atoms with van der Waals surface area (Å²) >= 11 is 1.94. The standard InChI is InChI=1S/C10H18N2O2S/c11-4-9-5-12(10(13)6-14-9)8-2-1-3-15-7-8/h8-9H,1-7,11H2. The van der Waals surface area contributed by atoms with Crippen LogP contribution in [0.3, 0.4) is 0 Å². The molecule has 2 atom stereocenters. The Morgan fingerprint density at radius 2 is 2.47 bits per heavy atom. The van der Waals surface area contributed by atoms with E-state index in [0.29, 0.717) is 19.1 Å². The van der Waals surface area contributed by atoms with Crippen LogP contribution in [0.15, 0.2) is 0 Å². The van der Waals surface area contributed by atoms with E-state index in [2.05, 4.69) is 0 Å². The van der Waals surface area contributed by atoms with Gasteiger partial charge in [0.15, 0.2) is 0 Å². The summed E-state index contributed by atoms with van der Waals surface area (Å²) < 4.78 is 5.34. The Balaban J connectivity index is 1.95. The Hall–Kier alpha value is -0.260. The topological polar surface area (TPSA) is 55.6 Å². The number of thioether (sulfide) groups is 1. The van der Waals surface area contributed by atoms with Crippen molar-refractivity contribution in [3.05, 3.63) is 0 Å². The summed E-state index contributed by atoms with van der Waals surface area (Å²) in [5.41, 5.74) is 5.57. The monoisotopic (exact) mass is 230 g/mol.